The predicted octanol–water partition coefficient (Wildman–Crippen LogP) is 8.95. The quantitative estimate of drug-likeness (QED) is 0.0697. The van der Waals surface area contributed by atoms with E-state index in [-0.39, 0.29) is 16.6 Å². The minimum Gasteiger partial charge on any atom is -0.308 e. The Kier molecular flexibility index (Phi) is 9.29. The third kappa shape index (κ3) is 5.94. The number of allylic oxidation sites excluding steroid dienone is 3. The molecule has 6 rings (SSSR count). The second kappa shape index (κ2) is 13.7. The fourth-order valence-corrected chi connectivity index (χ4v) is 11.8. The Morgan fingerprint density at radius 3 is 1.39 bits per heavy atom. The zero-order chi connectivity index (χ0) is 32.0. The van der Waals surface area contributed by atoms with E-state index in [1.165, 1.54) is 6.07 Å². The van der Waals surface area contributed by atoms with E-state index in [0.29, 0.717) is 33.0 Å². The molecule has 46 heavy (non-hydrogen) atoms. The van der Waals surface area contributed by atoms with Gasteiger partial charge in [-0.25, -0.2) is 0 Å². The maximum Gasteiger partial charge on any atom is 0.277 e. The van der Waals surface area contributed by atoms with Gasteiger partial charge in [0.1, 0.15) is 0 Å². The first kappa shape index (κ1) is 31.2. The number of para-hydroxylation sites is 1. The van der Waals surface area contributed by atoms with Gasteiger partial charge >= 0.3 is 0 Å². The van der Waals surface area contributed by atoms with Gasteiger partial charge in [-0.05, 0) is 37.3 Å². The highest BCUT2D eigenvalue weighted by Crippen LogP contribution is 2.61. The molecular weight excluding hydrogens is 608 g/mol. The van der Waals surface area contributed by atoms with Crippen LogP contribution in [0.15, 0.2) is 168 Å². The van der Waals surface area contributed by atoms with Gasteiger partial charge in [-0.15, -0.1) is 0 Å². The first-order chi connectivity index (χ1) is 22.4. The maximum absolute atomic E-state index is 16.1. The molecule has 0 N–H and O–H groups in total. The van der Waals surface area contributed by atoms with E-state index in [1.54, 1.807) is 42.5 Å². The van der Waals surface area contributed by atoms with Crippen LogP contribution in [-0.4, -0.2) is 4.92 Å². The number of rotatable bonds is 9. The summed E-state index contributed by atoms with van der Waals surface area (Å²) < 4.78 is 32.1. The van der Waals surface area contributed by atoms with E-state index in [2.05, 4.69) is 11.8 Å². The van der Waals surface area contributed by atoms with Crippen molar-refractivity contribution >= 4 is 46.5 Å². The summed E-state index contributed by atoms with van der Waals surface area (Å²) >= 11 is 0. The van der Waals surface area contributed by atoms with E-state index in [0.717, 1.165) is 24.8 Å². The van der Waals surface area contributed by atoms with E-state index in [4.69, 9.17) is 0 Å². The van der Waals surface area contributed by atoms with Crippen LogP contribution < -0.4 is 21.2 Å². The van der Waals surface area contributed by atoms with Crippen molar-refractivity contribution in [3.05, 3.63) is 184 Å². The molecule has 5 aromatic rings. The normalized spacial score (nSPS) is 13.3. The number of hydrogen-bond donors (Lipinski definition) is 0. The molecule has 0 heterocycles. The molecule has 1 aliphatic rings. The Morgan fingerprint density at radius 1 is 0.565 bits per heavy atom. The molecule has 7 heteroatoms. The van der Waals surface area contributed by atoms with E-state index in [1.807, 2.05) is 97.1 Å². The van der Waals surface area contributed by atoms with Crippen molar-refractivity contribution in [3.8, 4) is 0 Å². The Bertz CT molecular complexity index is 1960. The molecule has 0 aliphatic heterocycles. The first-order valence-corrected chi connectivity index (χ1v) is 18.7. The lowest BCUT2D eigenvalue weighted by molar-refractivity contribution is -0.385. The Labute approximate surface area is 269 Å². The van der Waals surface area contributed by atoms with Gasteiger partial charge in [0, 0.05) is 27.3 Å². The smallest absolute Gasteiger partial charge is 0.277 e. The summed E-state index contributed by atoms with van der Waals surface area (Å²) in [5.74, 6) is 0. The van der Waals surface area contributed by atoms with Crippen molar-refractivity contribution in [2.75, 3.05) is 0 Å². The number of nitro groups is 1. The molecule has 0 atom stereocenters. The fourth-order valence-electron chi connectivity index (χ4n) is 6.04. The summed E-state index contributed by atoms with van der Waals surface area (Å²) in [5.41, 5.74) is 4.41. The first-order valence-electron chi connectivity index (χ1n) is 15.3. The lowest BCUT2D eigenvalue weighted by atomic mass is 9.99. The molecule has 0 aromatic heterocycles. The summed E-state index contributed by atoms with van der Waals surface area (Å²) in [6.07, 6.45) is 5.48. The lowest BCUT2D eigenvalue weighted by Gasteiger charge is -2.26. The fraction of sp³-hybridized carbons (Fsp3) is 0.103. The zero-order valence-corrected chi connectivity index (χ0v) is 27.0. The monoisotopic (exact) mass is 641 g/mol. The SMILES string of the molecule is O=[N+]([O-])c1ccccc1C(=C=C(C1=CCCCC1)P(=O)(c1ccccc1)c1ccccc1)P(=O)(c1ccccc1)c1ccccc1. The van der Waals surface area contributed by atoms with Gasteiger partial charge in [-0.1, -0.05) is 145 Å². The summed E-state index contributed by atoms with van der Waals surface area (Å²) in [6.45, 7) is 0. The van der Waals surface area contributed by atoms with Crippen molar-refractivity contribution in [2.45, 2.75) is 25.7 Å². The average molecular weight is 642 g/mol. The molecule has 0 fully saturated rings. The second-order valence-electron chi connectivity index (χ2n) is 11.1. The molecular formula is C39H33NO4P2. The van der Waals surface area contributed by atoms with E-state index < -0.39 is 19.2 Å². The van der Waals surface area contributed by atoms with E-state index in [9.17, 15) is 10.1 Å². The minimum atomic E-state index is -3.85. The van der Waals surface area contributed by atoms with Crippen molar-refractivity contribution in [3.63, 3.8) is 0 Å². The van der Waals surface area contributed by atoms with Crippen LogP contribution in [0.25, 0.3) is 5.31 Å². The van der Waals surface area contributed by atoms with Crippen molar-refractivity contribution in [2.24, 2.45) is 0 Å². The third-order valence-corrected chi connectivity index (χ3v) is 14.4. The summed E-state index contributed by atoms with van der Waals surface area (Å²) in [5, 5.41) is 15.4. The maximum atomic E-state index is 16.1. The average Bonchev–Trinajstić information content (AvgIpc) is 3.13. The van der Waals surface area contributed by atoms with Crippen LogP contribution in [0.4, 0.5) is 5.69 Å². The molecule has 0 radical (unpaired) electrons. The van der Waals surface area contributed by atoms with Gasteiger partial charge in [0.25, 0.3) is 5.69 Å². The van der Waals surface area contributed by atoms with Crippen LogP contribution in [0.1, 0.15) is 31.2 Å². The minimum absolute atomic E-state index is 0.158. The predicted molar refractivity (Wildman–Crippen MR) is 190 cm³/mol. The number of benzene rings is 5. The van der Waals surface area contributed by atoms with Gasteiger partial charge in [-0.2, -0.15) is 0 Å². The Balaban J connectivity index is 1.87. The summed E-state index contributed by atoms with van der Waals surface area (Å²) in [6, 6.07) is 43.1. The lowest BCUT2D eigenvalue weighted by Crippen LogP contribution is -2.19. The van der Waals surface area contributed by atoms with Crippen LogP contribution in [0.2, 0.25) is 0 Å². The van der Waals surface area contributed by atoms with Crippen LogP contribution in [0.3, 0.4) is 0 Å². The summed E-state index contributed by atoms with van der Waals surface area (Å²) in [7, 11) is -7.49. The Hall–Kier alpha value is -4.78. The molecule has 0 saturated carbocycles. The number of nitrogens with zero attached hydrogens (tertiary/aromatic N) is 1. The molecule has 0 saturated heterocycles. The third-order valence-electron chi connectivity index (χ3n) is 8.30. The van der Waals surface area contributed by atoms with Crippen molar-refractivity contribution in [1.82, 2.24) is 0 Å². The molecule has 1 aliphatic carbocycles. The van der Waals surface area contributed by atoms with Crippen LogP contribution in [-0.2, 0) is 9.13 Å². The molecule has 0 unspecified atom stereocenters. The van der Waals surface area contributed by atoms with Gasteiger partial charge in [0.15, 0.2) is 14.3 Å². The number of nitro benzene ring substituents is 1. The molecule has 228 valence electrons. The largest absolute Gasteiger partial charge is 0.308 e. The highest BCUT2D eigenvalue weighted by atomic mass is 31.2. The molecule has 0 bridgehead atoms. The molecule has 5 nitrogen and oxygen atoms in total. The van der Waals surface area contributed by atoms with Gasteiger partial charge in [0.2, 0.25) is 0 Å². The van der Waals surface area contributed by atoms with Gasteiger partial charge in [-0.3, -0.25) is 10.1 Å². The van der Waals surface area contributed by atoms with Gasteiger partial charge in [0.05, 0.1) is 21.1 Å². The zero-order valence-electron chi connectivity index (χ0n) is 25.2. The van der Waals surface area contributed by atoms with Crippen LogP contribution >= 0.6 is 14.3 Å². The van der Waals surface area contributed by atoms with Crippen LogP contribution in [0.5, 0.6) is 0 Å². The highest BCUT2D eigenvalue weighted by molar-refractivity contribution is 7.87. The molecule has 5 aromatic carbocycles. The number of hydrogen-bond acceptors (Lipinski definition) is 4. The van der Waals surface area contributed by atoms with Crippen LogP contribution in [0, 0.1) is 10.1 Å². The summed E-state index contributed by atoms with van der Waals surface area (Å²) in [4.78, 5) is 12.1. The molecule has 0 amide bonds. The highest BCUT2D eigenvalue weighted by Gasteiger charge is 2.39. The second-order valence-corrected chi connectivity index (χ2v) is 16.5. The standard InChI is InChI=1S/C39H33NO4P2/c41-40(42)37-29-17-16-28-36(37)39(46(44,34-24-12-4-13-25-34)35-26-14-5-15-27-35)30-38(31-18-6-1-7-19-31)45(43,32-20-8-2-9-21-32)33-22-10-3-11-23-33/h2-5,8-18,20-29H,1,6-7,19H2. The molecule has 0 spiro atoms. The van der Waals surface area contributed by atoms with Crippen molar-refractivity contribution < 1.29 is 14.1 Å². The van der Waals surface area contributed by atoms with Crippen molar-refractivity contribution in [1.29, 1.82) is 0 Å². The topological polar surface area (TPSA) is 77.3 Å². The van der Waals surface area contributed by atoms with Gasteiger partial charge < -0.3 is 9.13 Å². The Morgan fingerprint density at radius 2 is 0.978 bits per heavy atom. The van der Waals surface area contributed by atoms with E-state index >= 15 is 9.13 Å².